The number of nitrogens with zero attached hydrogens (tertiary/aromatic N) is 3. The van der Waals surface area contributed by atoms with Crippen molar-refractivity contribution in [3.05, 3.63) is 71.3 Å². The zero-order chi connectivity index (χ0) is 22.3. The summed E-state index contributed by atoms with van der Waals surface area (Å²) in [6, 6.07) is 11.1. The lowest BCUT2D eigenvalue weighted by Gasteiger charge is -2.22. The second kappa shape index (κ2) is 10.7. The first-order valence-corrected chi connectivity index (χ1v) is 11.9. The van der Waals surface area contributed by atoms with Crippen LogP contribution in [0.4, 0.5) is 4.39 Å². The molecular formula is C19H19ClFN5O3S2. The van der Waals surface area contributed by atoms with E-state index in [4.69, 9.17) is 11.6 Å². The van der Waals surface area contributed by atoms with Gasteiger partial charge in [0.1, 0.15) is 12.1 Å². The van der Waals surface area contributed by atoms with Crippen LogP contribution in [0.3, 0.4) is 0 Å². The molecule has 1 heterocycles. The van der Waals surface area contributed by atoms with Gasteiger partial charge in [-0.2, -0.15) is 9.40 Å². The van der Waals surface area contributed by atoms with Crippen molar-refractivity contribution >= 4 is 39.3 Å². The Kier molecular flexibility index (Phi) is 8.02. The fraction of sp³-hybridized carbons (Fsp3) is 0.211. The lowest BCUT2D eigenvalue weighted by molar-refractivity contribution is -0.121. The third-order valence-corrected chi connectivity index (χ3v) is 7.04. The summed E-state index contributed by atoms with van der Waals surface area (Å²) in [5.41, 5.74) is 0.549. The Morgan fingerprint density at radius 2 is 1.87 bits per heavy atom. The van der Waals surface area contributed by atoms with Crippen LogP contribution in [0, 0.1) is 5.82 Å². The number of H-pyrrole nitrogens is 1. The van der Waals surface area contributed by atoms with Crippen molar-refractivity contribution in [2.45, 2.75) is 16.6 Å². The first-order chi connectivity index (χ1) is 14.8. The molecule has 0 unspecified atom stereocenters. The number of aromatic amines is 1. The predicted octanol–water partition coefficient (Wildman–Crippen LogP) is 2.70. The van der Waals surface area contributed by atoms with Crippen LogP contribution in [-0.2, 0) is 21.4 Å². The van der Waals surface area contributed by atoms with Crippen molar-refractivity contribution in [2.24, 2.45) is 0 Å². The molecule has 0 saturated heterocycles. The summed E-state index contributed by atoms with van der Waals surface area (Å²) >= 11 is 7.23. The van der Waals surface area contributed by atoms with Crippen molar-refractivity contribution in [3.63, 3.8) is 0 Å². The van der Waals surface area contributed by atoms with Crippen molar-refractivity contribution in [3.8, 4) is 0 Å². The van der Waals surface area contributed by atoms with Crippen LogP contribution in [0.5, 0.6) is 0 Å². The highest BCUT2D eigenvalue weighted by Gasteiger charge is 2.27. The molecule has 0 spiro atoms. The molecule has 2 N–H and O–H groups in total. The topological polar surface area (TPSA) is 108 Å². The standard InChI is InChI=1S/C19H19ClFN5O3S2/c20-15-3-7-17(8-4-15)31(28,29)26(11-14-1-5-16(21)6-2-14)12-18(27)22-9-10-30-19-23-13-24-25-19/h1-8,13H,9-12H2,(H,22,27)(H,23,24,25). The summed E-state index contributed by atoms with van der Waals surface area (Å²) in [4.78, 5) is 16.4. The molecule has 0 aliphatic heterocycles. The molecule has 1 amide bonds. The molecule has 1 aromatic heterocycles. The maximum atomic E-state index is 13.2. The molecule has 0 saturated carbocycles. The number of rotatable bonds is 10. The van der Waals surface area contributed by atoms with E-state index in [9.17, 15) is 17.6 Å². The number of hydrogen-bond acceptors (Lipinski definition) is 6. The Morgan fingerprint density at radius 1 is 1.16 bits per heavy atom. The van der Waals surface area contributed by atoms with Crippen molar-refractivity contribution in [1.82, 2.24) is 24.8 Å². The Balaban J connectivity index is 1.69. The van der Waals surface area contributed by atoms with Gasteiger partial charge in [0.2, 0.25) is 15.9 Å². The van der Waals surface area contributed by atoms with Gasteiger partial charge in [0.25, 0.3) is 0 Å². The zero-order valence-electron chi connectivity index (χ0n) is 16.2. The van der Waals surface area contributed by atoms with Crippen LogP contribution < -0.4 is 5.32 Å². The van der Waals surface area contributed by atoms with Gasteiger partial charge < -0.3 is 5.32 Å². The predicted molar refractivity (Wildman–Crippen MR) is 116 cm³/mol. The van der Waals surface area contributed by atoms with E-state index in [1.54, 1.807) is 0 Å². The molecule has 0 radical (unpaired) electrons. The minimum absolute atomic E-state index is 0.00712. The van der Waals surface area contributed by atoms with Gasteiger partial charge in [-0.3, -0.25) is 9.89 Å². The van der Waals surface area contributed by atoms with E-state index < -0.39 is 28.3 Å². The SMILES string of the molecule is O=C(CN(Cc1ccc(F)cc1)S(=O)(=O)c1ccc(Cl)cc1)NCCSc1ncn[nH]1. The lowest BCUT2D eigenvalue weighted by Crippen LogP contribution is -2.40. The Hall–Kier alpha value is -2.47. The molecule has 0 atom stereocenters. The van der Waals surface area contributed by atoms with Gasteiger partial charge in [-0.05, 0) is 42.0 Å². The summed E-state index contributed by atoms with van der Waals surface area (Å²) in [6.07, 6.45) is 1.38. The van der Waals surface area contributed by atoms with E-state index in [0.29, 0.717) is 28.0 Å². The molecule has 8 nitrogen and oxygen atoms in total. The molecule has 164 valence electrons. The molecular weight excluding hydrogens is 465 g/mol. The average molecular weight is 484 g/mol. The molecule has 3 aromatic rings. The molecule has 0 bridgehead atoms. The first kappa shape index (κ1) is 23.2. The van der Waals surface area contributed by atoms with Crippen molar-refractivity contribution in [1.29, 1.82) is 0 Å². The normalized spacial score (nSPS) is 11.6. The van der Waals surface area contributed by atoms with Crippen LogP contribution in [0.2, 0.25) is 5.02 Å². The number of sulfonamides is 1. The van der Waals surface area contributed by atoms with Gasteiger partial charge in [-0.15, -0.1) is 0 Å². The summed E-state index contributed by atoms with van der Waals surface area (Å²) < 4.78 is 40.6. The molecule has 0 aliphatic rings. The summed E-state index contributed by atoms with van der Waals surface area (Å²) in [7, 11) is -4.00. The van der Waals surface area contributed by atoms with Crippen LogP contribution in [0.1, 0.15) is 5.56 Å². The zero-order valence-corrected chi connectivity index (χ0v) is 18.6. The molecule has 0 fully saturated rings. The second-order valence-corrected chi connectivity index (χ2v) is 9.80. The fourth-order valence-electron chi connectivity index (χ4n) is 2.59. The number of hydrogen-bond donors (Lipinski definition) is 2. The quantitative estimate of drug-likeness (QED) is 0.339. The summed E-state index contributed by atoms with van der Waals surface area (Å²) in [5.74, 6) is -0.362. The van der Waals surface area contributed by atoms with Crippen molar-refractivity contribution in [2.75, 3.05) is 18.8 Å². The molecule has 0 aliphatic carbocycles. The van der Waals surface area contributed by atoms with E-state index >= 15 is 0 Å². The third-order valence-electron chi connectivity index (χ3n) is 4.10. The van der Waals surface area contributed by atoms with Gasteiger partial charge in [-0.25, -0.2) is 17.8 Å². The Morgan fingerprint density at radius 3 is 2.52 bits per heavy atom. The first-order valence-electron chi connectivity index (χ1n) is 9.09. The number of thioether (sulfide) groups is 1. The number of benzene rings is 2. The van der Waals surface area contributed by atoms with Crippen molar-refractivity contribution < 1.29 is 17.6 Å². The van der Waals surface area contributed by atoms with Gasteiger partial charge in [0, 0.05) is 23.9 Å². The maximum absolute atomic E-state index is 13.2. The van der Waals surface area contributed by atoms with E-state index in [2.05, 4.69) is 20.5 Å². The Labute approximate surface area is 188 Å². The highest BCUT2D eigenvalue weighted by molar-refractivity contribution is 7.99. The largest absolute Gasteiger partial charge is 0.354 e. The molecule has 31 heavy (non-hydrogen) atoms. The number of carbonyl (C=O) groups is 1. The highest BCUT2D eigenvalue weighted by Crippen LogP contribution is 2.20. The van der Waals surface area contributed by atoms with E-state index in [1.807, 2.05) is 0 Å². The van der Waals surface area contributed by atoms with E-state index in [1.165, 1.54) is 66.6 Å². The van der Waals surface area contributed by atoms with Gasteiger partial charge >= 0.3 is 0 Å². The number of carbonyl (C=O) groups excluding carboxylic acids is 1. The minimum atomic E-state index is -4.00. The average Bonchev–Trinajstić information content (AvgIpc) is 3.26. The number of halogens is 2. The third kappa shape index (κ3) is 6.76. The molecule has 3 rings (SSSR count). The Bertz CT molecular complexity index is 1090. The summed E-state index contributed by atoms with van der Waals surface area (Å²) in [6.45, 7) is -0.170. The number of aromatic nitrogens is 3. The lowest BCUT2D eigenvalue weighted by atomic mass is 10.2. The van der Waals surface area contributed by atoms with E-state index in [0.717, 1.165) is 4.31 Å². The monoisotopic (exact) mass is 483 g/mol. The number of nitrogens with one attached hydrogen (secondary N) is 2. The fourth-order valence-corrected chi connectivity index (χ4v) is 4.74. The number of amides is 1. The second-order valence-electron chi connectivity index (χ2n) is 6.34. The molecule has 12 heteroatoms. The van der Waals surface area contributed by atoms with Gasteiger partial charge in [-0.1, -0.05) is 35.5 Å². The maximum Gasteiger partial charge on any atom is 0.243 e. The smallest absolute Gasteiger partial charge is 0.243 e. The minimum Gasteiger partial charge on any atom is -0.354 e. The van der Waals surface area contributed by atoms with Crippen LogP contribution in [0.25, 0.3) is 0 Å². The van der Waals surface area contributed by atoms with Crippen LogP contribution in [0.15, 0.2) is 64.9 Å². The van der Waals surface area contributed by atoms with Gasteiger partial charge in [0.15, 0.2) is 5.16 Å². The summed E-state index contributed by atoms with van der Waals surface area (Å²) in [5, 5.41) is 10.1. The van der Waals surface area contributed by atoms with E-state index in [-0.39, 0.29) is 11.4 Å². The van der Waals surface area contributed by atoms with Crippen LogP contribution in [-0.4, -0.2) is 52.7 Å². The highest BCUT2D eigenvalue weighted by atomic mass is 35.5. The van der Waals surface area contributed by atoms with Gasteiger partial charge in [0.05, 0.1) is 11.4 Å². The molecule has 2 aromatic carbocycles. The van der Waals surface area contributed by atoms with Crippen LogP contribution >= 0.6 is 23.4 Å².